The van der Waals surface area contributed by atoms with E-state index in [9.17, 15) is 0 Å². The predicted molar refractivity (Wildman–Crippen MR) is 53.1 cm³/mol. The van der Waals surface area contributed by atoms with Crippen LogP contribution >= 0.6 is 0 Å². The van der Waals surface area contributed by atoms with Crippen LogP contribution in [0.25, 0.3) is 11.0 Å². The molecule has 2 rings (SSSR count). The zero-order valence-corrected chi connectivity index (χ0v) is 7.20. The summed E-state index contributed by atoms with van der Waals surface area (Å²) in [4.78, 5) is 7.60. The number of allylic oxidation sites excluding steroid dienone is 1. The lowest BCUT2D eigenvalue weighted by Crippen LogP contribution is -1.85. The summed E-state index contributed by atoms with van der Waals surface area (Å²) in [6.45, 7) is 0. The zero-order chi connectivity index (χ0) is 9.10. The number of H-pyrrole nitrogens is 1. The highest BCUT2D eigenvalue weighted by atomic mass is 14.9. The lowest BCUT2D eigenvalue weighted by atomic mass is 10.3. The van der Waals surface area contributed by atoms with Crippen LogP contribution in [-0.4, -0.2) is 9.97 Å². The first-order valence-electron chi connectivity index (χ1n) is 4.20. The van der Waals surface area contributed by atoms with E-state index >= 15 is 0 Å². The van der Waals surface area contributed by atoms with Crippen molar-refractivity contribution in [1.82, 2.24) is 9.97 Å². The fraction of sp³-hybridized carbons (Fsp3) is 0.100. The van der Waals surface area contributed by atoms with Gasteiger partial charge in [0.15, 0.2) is 0 Å². The Kier molecular flexibility index (Phi) is 2.00. The molecule has 0 atom stereocenters. The van der Waals surface area contributed by atoms with Crippen LogP contribution in [0, 0.1) is 0 Å². The van der Waals surface area contributed by atoms with Gasteiger partial charge in [-0.25, -0.2) is 4.98 Å². The van der Waals surface area contributed by atoms with Gasteiger partial charge < -0.3 is 10.7 Å². The van der Waals surface area contributed by atoms with Gasteiger partial charge in [-0.15, -0.1) is 0 Å². The largest absolute Gasteiger partial charge is 0.405 e. The predicted octanol–water partition coefficient (Wildman–Crippen LogP) is 1.58. The van der Waals surface area contributed by atoms with Crippen LogP contribution in [0.15, 0.2) is 36.5 Å². The molecule has 3 heteroatoms. The Morgan fingerprint density at radius 3 is 3.00 bits per heavy atom. The molecule has 0 unspecified atom stereocenters. The normalized spacial score (nSPS) is 11.4. The van der Waals surface area contributed by atoms with Crippen LogP contribution in [0.5, 0.6) is 0 Å². The fourth-order valence-electron chi connectivity index (χ4n) is 1.28. The summed E-state index contributed by atoms with van der Waals surface area (Å²) in [5, 5.41) is 0. The topological polar surface area (TPSA) is 54.7 Å². The summed E-state index contributed by atoms with van der Waals surface area (Å²) < 4.78 is 0. The number of para-hydroxylation sites is 2. The minimum absolute atomic E-state index is 0.755. The molecule has 0 saturated carbocycles. The molecule has 3 nitrogen and oxygen atoms in total. The molecule has 3 N–H and O–H groups in total. The van der Waals surface area contributed by atoms with E-state index in [2.05, 4.69) is 9.97 Å². The number of hydrogen-bond acceptors (Lipinski definition) is 2. The summed E-state index contributed by atoms with van der Waals surface area (Å²) in [5.41, 5.74) is 7.32. The van der Waals surface area contributed by atoms with Gasteiger partial charge in [0, 0.05) is 6.42 Å². The van der Waals surface area contributed by atoms with Gasteiger partial charge in [-0.1, -0.05) is 18.2 Å². The van der Waals surface area contributed by atoms with Gasteiger partial charge in [0.2, 0.25) is 0 Å². The maximum absolute atomic E-state index is 5.25. The number of nitrogens with zero attached hydrogens (tertiary/aromatic N) is 1. The molecule has 0 aliphatic heterocycles. The van der Waals surface area contributed by atoms with Crippen molar-refractivity contribution < 1.29 is 0 Å². The number of hydrogen-bond donors (Lipinski definition) is 2. The minimum atomic E-state index is 0.755. The maximum atomic E-state index is 5.25. The van der Waals surface area contributed by atoms with Crippen molar-refractivity contribution in [2.45, 2.75) is 6.42 Å². The molecular weight excluding hydrogens is 162 g/mol. The van der Waals surface area contributed by atoms with Crippen molar-refractivity contribution in [2.75, 3.05) is 0 Å². The van der Waals surface area contributed by atoms with Gasteiger partial charge in [-0.2, -0.15) is 0 Å². The Hall–Kier alpha value is -1.77. The molecule has 0 aliphatic carbocycles. The second-order valence-corrected chi connectivity index (χ2v) is 2.83. The molecule has 0 radical (unpaired) electrons. The van der Waals surface area contributed by atoms with Crippen LogP contribution < -0.4 is 5.73 Å². The van der Waals surface area contributed by atoms with Gasteiger partial charge in [-0.05, 0) is 18.3 Å². The summed E-state index contributed by atoms with van der Waals surface area (Å²) in [5.74, 6) is 0.947. The van der Waals surface area contributed by atoms with Crippen LogP contribution in [0.3, 0.4) is 0 Å². The standard InChI is InChI=1S/C10H11N3/c11-7-3-6-10-12-8-4-1-2-5-9(8)13-10/h1-5,7H,6,11H2,(H,12,13). The Labute approximate surface area is 76.3 Å². The molecule has 0 saturated heterocycles. The number of benzene rings is 1. The fourth-order valence-corrected chi connectivity index (χ4v) is 1.28. The number of rotatable bonds is 2. The third-order valence-electron chi connectivity index (χ3n) is 1.89. The van der Waals surface area contributed by atoms with Crippen LogP contribution in [0.1, 0.15) is 5.82 Å². The van der Waals surface area contributed by atoms with Gasteiger partial charge in [0.1, 0.15) is 5.82 Å². The molecule has 0 amide bonds. The third-order valence-corrected chi connectivity index (χ3v) is 1.89. The number of aromatic amines is 1. The number of nitrogens with one attached hydrogen (secondary N) is 1. The van der Waals surface area contributed by atoms with E-state index in [0.29, 0.717) is 0 Å². The van der Waals surface area contributed by atoms with E-state index in [0.717, 1.165) is 23.3 Å². The van der Waals surface area contributed by atoms with Crippen LogP contribution in [0.2, 0.25) is 0 Å². The lowest BCUT2D eigenvalue weighted by Gasteiger charge is -1.84. The Bertz CT molecular complexity index is 395. The summed E-state index contributed by atoms with van der Waals surface area (Å²) in [6.07, 6.45) is 4.16. The molecule has 1 aromatic carbocycles. The molecule has 66 valence electrons. The molecule has 1 heterocycles. The molecule has 13 heavy (non-hydrogen) atoms. The molecule has 0 bridgehead atoms. The lowest BCUT2D eigenvalue weighted by molar-refractivity contribution is 1.07. The number of aromatic nitrogens is 2. The van der Waals surface area contributed by atoms with Crippen LogP contribution in [0.4, 0.5) is 0 Å². The number of imidazole rings is 1. The SMILES string of the molecule is NC=CCc1nc2ccccc2[nH]1. The van der Waals surface area contributed by atoms with Crippen molar-refractivity contribution in [3.05, 3.63) is 42.4 Å². The smallest absolute Gasteiger partial charge is 0.111 e. The van der Waals surface area contributed by atoms with Crippen molar-refractivity contribution >= 4 is 11.0 Å². The van der Waals surface area contributed by atoms with E-state index < -0.39 is 0 Å². The Morgan fingerprint density at radius 1 is 1.38 bits per heavy atom. The summed E-state index contributed by atoms with van der Waals surface area (Å²) in [6, 6.07) is 7.97. The molecule has 1 aromatic heterocycles. The molecule has 0 fully saturated rings. The highest BCUT2D eigenvalue weighted by Gasteiger charge is 1.98. The van der Waals surface area contributed by atoms with Crippen LogP contribution in [-0.2, 0) is 6.42 Å². The summed E-state index contributed by atoms with van der Waals surface area (Å²) in [7, 11) is 0. The summed E-state index contributed by atoms with van der Waals surface area (Å²) >= 11 is 0. The van der Waals surface area contributed by atoms with E-state index in [1.54, 1.807) is 0 Å². The zero-order valence-electron chi connectivity index (χ0n) is 7.20. The van der Waals surface area contributed by atoms with Gasteiger partial charge in [0.05, 0.1) is 11.0 Å². The second kappa shape index (κ2) is 3.31. The van der Waals surface area contributed by atoms with Crippen molar-refractivity contribution in [2.24, 2.45) is 5.73 Å². The first-order valence-corrected chi connectivity index (χ1v) is 4.20. The highest BCUT2D eigenvalue weighted by molar-refractivity contribution is 5.74. The van der Waals surface area contributed by atoms with Crippen molar-refractivity contribution in [1.29, 1.82) is 0 Å². The van der Waals surface area contributed by atoms with Gasteiger partial charge >= 0.3 is 0 Å². The van der Waals surface area contributed by atoms with Crippen molar-refractivity contribution in [3.63, 3.8) is 0 Å². The molecular formula is C10H11N3. The van der Waals surface area contributed by atoms with Gasteiger partial charge in [-0.3, -0.25) is 0 Å². The van der Waals surface area contributed by atoms with Gasteiger partial charge in [0.25, 0.3) is 0 Å². The molecule has 2 aromatic rings. The first-order chi connectivity index (χ1) is 6.40. The van der Waals surface area contributed by atoms with E-state index in [-0.39, 0.29) is 0 Å². The highest BCUT2D eigenvalue weighted by Crippen LogP contribution is 2.10. The Morgan fingerprint density at radius 2 is 2.23 bits per heavy atom. The average Bonchev–Trinajstić information content (AvgIpc) is 2.57. The third kappa shape index (κ3) is 1.54. The number of nitrogens with two attached hydrogens (primary N) is 1. The van der Waals surface area contributed by atoms with E-state index in [1.165, 1.54) is 6.20 Å². The van der Waals surface area contributed by atoms with E-state index in [1.807, 2.05) is 30.3 Å². The molecule has 0 spiro atoms. The van der Waals surface area contributed by atoms with Crippen molar-refractivity contribution in [3.8, 4) is 0 Å². The Balaban J connectivity index is 2.38. The monoisotopic (exact) mass is 173 g/mol. The van der Waals surface area contributed by atoms with E-state index in [4.69, 9.17) is 5.73 Å². The average molecular weight is 173 g/mol. The maximum Gasteiger partial charge on any atom is 0.111 e. The first kappa shape index (κ1) is 7.86. The quantitative estimate of drug-likeness (QED) is 0.724. The molecule has 0 aliphatic rings. The second-order valence-electron chi connectivity index (χ2n) is 2.83. The number of fused-ring (bicyclic) bond motifs is 1. The minimum Gasteiger partial charge on any atom is -0.405 e.